The molecule has 3 rings (SSSR count). The van der Waals surface area contributed by atoms with Gasteiger partial charge in [0, 0.05) is 5.56 Å². The summed E-state index contributed by atoms with van der Waals surface area (Å²) in [5.74, 6) is 0.522. The van der Waals surface area contributed by atoms with Crippen molar-refractivity contribution >= 4 is 12.1 Å². The number of carbonyl (C=O) groups excluding carboxylic acids is 1. The normalized spacial score (nSPS) is 12.6. The largest absolute Gasteiger partial charge is 0.454 e. The van der Waals surface area contributed by atoms with E-state index in [4.69, 9.17) is 9.47 Å². The number of amides is 1. The molecule has 0 radical (unpaired) electrons. The molecule has 0 saturated heterocycles. The number of hydrogen-bond acceptors (Lipinski definition) is 4. The molecule has 1 heterocycles. The van der Waals surface area contributed by atoms with Crippen molar-refractivity contribution in [2.45, 2.75) is 0 Å². The Labute approximate surface area is 120 Å². The van der Waals surface area contributed by atoms with Crippen molar-refractivity contribution in [3.8, 4) is 11.5 Å². The molecule has 1 aliphatic heterocycles. The van der Waals surface area contributed by atoms with E-state index in [1.165, 1.54) is 30.5 Å². The van der Waals surface area contributed by atoms with Gasteiger partial charge < -0.3 is 9.47 Å². The lowest BCUT2D eigenvalue weighted by atomic mass is 10.2. The van der Waals surface area contributed by atoms with Crippen LogP contribution in [0.1, 0.15) is 15.9 Å². The van der Waals surface area contributed by atoms with Crippen molar-refractivity contribution in [1.82, 2.24) is 5.43 Å². The molecule has 0 bridgehead atoms. The first-order valence-corrected chi connectivity index (χ1v) is 6.21. The number of ether oxygens (including phenoxy) is 2. The van der Waals surface area contributed by atoms with E-state index >= 15 is 0 Å². The Bertz CT molecular complexity index is 699. The van der Waals surface area contributed by atoms with Gasteiger partial charge in [0.05, 0.1) is 6.21 Å². The Morgan fingerprint density at radius 2 is 1.90 bits per heavy atom. The summed E-state index contributed by atoms with van der Waals surface area (Å²) in [6.45, 7) is 0.206. The lowest BCUT2D eigenvalue weighted by Gasteiger charge is -2.00. The predicted octanol–water partition coefficient (Wildman–Crippen LogP) is 2.32. The van der Waals surface area contributed by atoms with Crippen molar-refractivity contribution in [1.29, 1.82) is 0 Å². The van der Waals surface area contributed by atoms with Gasteiger partial charge in [-0.05, 0) is 48.0 Å². The number of nitrogens with zero attached hydrogens (tertiary/aromatic N) is 1. The maximum absolute atomic E-state index is 12.7. The highest BCUT2D eigenvalue weighted by molar-refractivity contribution is 5.94. The number of fused-ring (bicyclic) bond motifs is 1. The Kier molecular flexibility index (Phi) is 3.51. The van der Waals surface area contributed by atoms with E-state index in [1.807, 2.05) is 0 Å². The van der Waals surface area contributed by atoms with Gasteiger partial charge in [0.15, 0.2) is 11.5 Å². The molecule has 0 aliphatic carbocycles. The Balaban J connectivity index is 1.64. The SMILES string of the molecule is O=C(NN=Cc1ccc2c(c1)OCO2)c1ccc(F)cc1. The molecule has 0 spiro atoms. The van der Waals surface area contributed by atoms with Crippen LogP contribution in [0.3, 0.4) is 0 Å². The zero-order valence-corrected chi connectivity index (χ0v) is 10.9. The van der Waals surface area contributed by atoms with E-state index in [0.29, 0.717) is 17.1 Å². The number of hydrazone groups is 1. The van der Waals surface area contributed by atoms with Crippen LogP contribution in [0.25, 0.3) is 0 Å². The third kappa shape index (κ3) is 3.00. The molecule has 21 heavy (non-hydrogen) atoms. The summed E-state index contributed by atoms with van der Waals surface area (Å²) in [5.41, 5.74) is 3.47. The molecular weight excluding hydrogens is 275 g/mol. The van der Waals surface area contributed by atoms with Crippen molar-refractivity contribution in [2.24, 2.45) is 5.10 Å². The molecule has 1 amide bonds. The van der Waals surface area contributed by atoms with Gasteiger partial charge in [-0.1, -0.05) is 0 Å². The molecule has 5 nitrogen and oxygen atoms in total. The van der Waals surface area contributed by atoms with Crippen LogP contribution in [0, 0.1) is 5.82 Å². The monoisotopic (exact) mass is 286 g/mol. The molecule has 1 aliphatic rings. The molecule has 1 N–H and O–H groups in total. The van der Waals surface area contributed by atoms with Gasteiger partial charge in [-0.25, -0.2) is 9.82 Å². The standard InChI is InChI=1S/C15H11FN2O3/c16-12-4-2-11(3-5-12)15(19)18-17-8-10-1-6-13-14(7-10)21-9-20-13/h1-8H,9H2,(H,18,19). The second kappa shape index (κ2) is 5.62. The minimum atomic E-state index is -0.410. The highest BCUT2D eigenvalue weighted by Gasteiger charge is 2.12. The number of nitrogens with one attached hydrogen (secondary N) is 1. The van der Waals surface area contributed by atoms with Crippen molar-refractivity contribution in [3.05, 3.63) is 59.4 Å². The Morgan fingerprint density at radius 1 is 1.14 bits per heavy atom. The third-order valence-electron chi connectivity index (χ3n) is 2.88. The lowest BCUT2D eigenvalue weighted by Crippen LogP contribution is -2.17. The minimum Gasteiger partial charge on any atom is -0.454 e. The molecule has 2 aromatic rings. The highest BCUT2D eigenvalue weighted by Crippen LogP contribution is 2.31. The van der Waals surface area contributed by atoms with Gasteiger partial charge in [-0.15, -0.1) is 0 Å². The number of halogens is 1. The quantitative estimate of drug-likeness (QED) is 0.696. The summed E-state index contributed by atoms with van der Waals surface area (Å²) in [6, 6.07) is 10.5. The fourth-order valence-corrected chi connectivity index (χ4v) is 1.82. The molecule has 6 heteroatoms. The van der Waals surface area contributed by atoms with Crippen LogP contribution >= 0.6 is 0 Å². The van der Waals surface area contributed by atoms with Crippen LogP contribution < -0.4 is 14.9 Å². The second-order valence-electron chi connectivity index (χ2n) is 4.32. The topological polar surface area (TPSA) is 59.9 Å². The van der Waals surface area contributed by atoms with E-state index in [1.54, 1.807) is 18.2 Å². The molecule has 2 aromatic carbocycles. The number of rotatable bonds is 3. The predicted molar refractivity (Wildman–Crippen MR) is 74.0 cm³/mol. The minimum absolute atomic E-state index is 0.206. The average molecular weight is 286 g/mol. The molecular formula is C15H11FN2O3. The van der Waals surface area contributed by atoms with Gasteiger partial charge in [0.2, 0.25) is 6.79 Å². The Hall–Kier alpha value is -2.89. The second-order valence-corrected chi connectivity index (χ2v) is 4.32. The summed E-state index contributed by atoms with van der Waals surface area (Å²) < 4.78 is 23.2. The van der Waals surface area contributed by atoms with E-state index < -0.39 is 11.7 Å². The molecule has 106 valence electrons. The third-order valence-corrected chi connectivity index (χ3v) is 2.88. The summed E-state index contributed by atoms with van der Waals surface area (Å²) in [4.78, 5) is 11.7. The van der Waals surface area contributed by atoms with Gasteiger partial charge >= 0.3 is 0 Å². The highest BCUT2D eigenvalue weighted by atomic mass is 19.1. The van der Waals surface area contributed by atoms with Crippen LogP contribution in [0.4, 0.5) is 4.39 Å². The number of carbonyl (C=O) groups is 1. The molecule has 0 atom stereocenters. The number of benzene rings is 2. The summed E-state index contributed by atoms with van der Waals surface area (Å²) in [5, 5.41) is 3.85. The van der Waals surface area contributed by atoms with Crippen LogP contribution in [-0.2, 0) is 0 Å². The van der Waals surface area contributed by atoms with E-state index in [0.717, 1.165) is 5.56 Å². The zero-order valence-electron chi connectivity index (χ0n) is 10.9. The fraction of sp³-hybridized carbons (Fsp3) is 0.0667. The van der Waals surface area contributed by atoms with Gasteiger partial charge in [0.25, 0.3) is 5.91 Å². The van der Waals surface area contributed by atoms with E-state index in [9.17, 15) is 9.18 Å². The van der Waals surface area contributed by atoms with Crippen LogP contribution in [0.2, 0.25) is 0 Å². The smallest absolute Gasteiger partial charge is 0.271 e. The maximum atomic E-state index is 12.7. The summed E-state index contributed by atoms with van der Waals surface area (Å²) in [6.07, 6.45) is 1.49. The fourth-order valence-electron chi connectivity index (χ4n) is 1.82. The first kappa shape index (κ1) is 13.1. The summed E-state index contributed by atoms with van der Waals surface area (Å²) >= 11 is 0. The van der Waals surface area contributed by atoms with Crippen molar-refractivity contribution in [3.63, 3.8) is 0 Å². The van der Waals surface area contributed by atoms with E-state index in [-0.39, 0.29) is 6.79 Å². The molecule has 0 aromatic heterocycles. The van der Waals surface area contributed by atoms with Crippen LogP contribution in [0.5, 0.6) is 11.5 Å². The summed E-state index contributed by atoms with van der Waals surface area (Å²) in [7, 11) is 0. The molecule has 0 fully saturated rings. The average Bonchev–Trinajstić information content (AvgIpc) is 2.95. The van der Waals surface area contributed by atoms with E-state index in [2.05, 4.69) is 10.5 Å². The van der Waals surface area contributed by atoms with Crippen molar-refractivity contribution in [2.75, 3.05) is 6.79 Å². The maximum Gasteiger partial charge on any atom is 0.271 e. The van der Waals surface area contributed by atoms with Gasteiger partial charge in [-0.3, -0.25) is 4.79 Å². The Morgan fingerprint density at radius 3 is 2.71 bits per heavy atom. The molecule has 0 saturated carbocycles. The van der Waals surface area contributed by atoms with Gasteiger partial charge in [0.1, 0.15) is 5.82 Å². The lowest BCUT2D eigenvalue weighted by molar-refractivity contribution is 0.0955. The number of hydrogen-bond donors (Lipinski definition) is 1. The first-order valence-electron chi connectivity index (χ1n) is 6.21. The van der Waals surface area contributed by atoms with Gasteiger partial charge in [-0.2, -0.15) is 5.10 Å². The first-order chi connectivity index (χ1) is 10.2. The van der Waals surface area contributed by atoms with Crippen LogP contribution in [0.15, 0.2) is 47.6 Å². The van der Waals surface area contributed by atoms with Crippen molar-refractivity contribution < 1.29 is 18.7 Å². The van der Waals surface area contributed by atoms with Crippen LogP contribution in [-0.4, -0.2) is 18.9 Å². The molecule has 0 unspecified atom stereocenters. The zero-order chi connectivity index (χ0) is 14.7.